The van der Waals surface area contributed by atoms with Gasteiger partial charge in [-0.05, 0) is 20.5 Å². The van der Waals surface area contributed by atoms with Crippen LogP contribution in [-0.2, 0) is 0 Å². The van der Waals surface area contributed by atoms with Crippen LogP contribution in [0.25, 0.3) is 0 Å². The molecule has 2 nitrogen and oxygen atoms in total. The van der Waals surface area contributed by atoms with Crippen molar-refractivity contribution >= 4 is 0 Å². The first kappa shape index (κ1) is 5.06. The quantitative estimate of drug-likeness (QED) is 0.489. The summed E-state index contributed by atoms with van der Waals surface area (Å²) >= 11 is 0. The molecule has 2 heteroatoms. The predicted molar refractivity (Wildman–Crippen MR) is 28.1 cm³/mol. The van der Waals surface area contributed by atoms with Gasteiger partial charge in [-0.15, -0.1) is 0 Å². The van der Waals surface area contributed by atoms with Crippen LogP contribution in [0.4, 0.5) is 0 Å². The molecule has 0 heterocycles. The minimum absolute atomic E-state index is 0.0324. The monoisotopic (exact) mass is 101 g/mol. The van der Waals surface area contributed by atoms with E-state index in [1.165, 1.54) is 0 Å². The number of aliphatic hydroxyl groups is 1. The van der Waals surface area contributed by atoms with Gasteiger partial charge in [0.25, 0.3) is 0 Å². The Kier molecular flexibility index (Phi) is 1.05. The lowest BCUT2D eigenvalue weighted by Crippen LogP contribution is -2.17. The van der Waals surface area contributed by atoms with Gasteiger partial charge in [0.1, 0.15) is 0 Å². The van der Waals surface area contributed by atoms with Crippen LogP contribution in [0.1, 0.15) is 6.42 Å². The largest absolute Gasteiger partial charge is 0.391 e. The third-order valence-electron chi connectivity index (χ3n) is 1.39. The highest BCUT2D eigenvalue weighted by Gasteiger charge is 2.36. The van der Waals surface area contributed by atoms with Gasteiger partial charge < -0.3 is 10.0 Å². The molecule has 1 aliphatic rings. The normalized spacial score (nSPS) is 39.4. The minimum Gasteiger partial charge on any atom is -0.391 e. The summed E-state index contributed by atoms with van der Waals surface area (Å²) < 4.78 is 0. The summed E-state index contributed by atoms with van der Waals surface area (Å²) in [5.74, 6) is 0. The molecular formula is C5H11NO. The van der Waals surface area contributed by atoms with Crippen molar-refractivity contribution in [2.45, 2.75) is 18.6 Å². The maximum Gasteiger partial charge on any atom is 0.0712 e. The first-order valence-electron chi connectivity index (χ1n) is 2.56. The van der Waals surface area contributed by atoms with Crippen molar-refractivity contribution in [1.29, 1.82) is 0 Å². The molecule has 0 bridgehead atoms. The van der Waals surface area contributed by atoms with Crippen LogP contribution in [-0.4, -0.2) is 36.2 Å². The summed E-state index contributed by atoms with van der Waals surface area (Å²) in [6, 6.07) is 0.458. The lowest BCUT2D eigenvalue weighted by Gasteiger charge is -2.04. The van der Waals surface area contributed by atoms with Gasteiger partial charge in [0.05, 0.1) is 6.10 Å². The SMILES string of the molecule is CN(C)C1CC1O. The Hall–Kier alpha value is -0.0800. The van der Waals surface area contributed by atoms with Gasteiger partial charge in [0.15, 0.2) is 0 Å². The van der Waals surface area contributed by atoms with E-state index in [2.05, 4.69) is 0 Å². The van der Waals surface area contributed by atoms with Crippen LogP contribution in [0.5, 0.6) is 0 Å². The first-order chi connectivity index (χ1) is 3.22. The van der Waals surface area contributed by atoms with E-state index < -0.39 is 0 Å². The van der Waals surface area contributed by atoms with Crippen molar-refractivity contribution in [3.8, 4) is 0 Å². The third-order valence-corrected chi connectivity index (χ3v) is 1.39. The fourth-order valence-electron chi connectivity index (χ4n) is 0.724. The van der Waals surface area contributed by atoms with Crippen molar-refractivity contribution in [3.05, 3.63) is 0 Å². The first-order valence-corrected chi connectivity index (χ1v) is 2.56. The smallest absolute Gasteiger partial charge is 0.0712 e. The zero-order valence-corrected chi connectivity index (χ0v) is 4.76. The molecule has 2 unspecified atom stereocenters. The highest BCUT2D eigenvalue weighted by molar-refractivity contribution is 4.92. The second-order valence-electron chi connectivity index (χ2n) is 2.33. The van der Waals surface area contributed by atoms with E-state index in [0.29, 0.717) is 6.04 Å². The van der Waals surface area contributed by atoms with E-state index in [4.69, 9.17) is 5.11 Å². The van der Waals surface area contributed by atoms with E-state index in [1.807, 2.05) is 19.0 Å². The lowest BCUT2D eigenvalue weighted by molar-refractivity contribution is 0.231. The topological polar surface area (TPSA) is 23.5 Å². The van der Waals surface area contributed by atoms with Gasteiger partial charge in [0, 0.05) is 6.04 Å². The number of hydrogen-bond acceptors (Lipinski definition) is 2. The molecule has 1 rings (SSSR count). The maximum absolute atomic E-state index is 8.76. The molecule has 0 aromatic heterocycles. The second kappa shape index (κ2) is 1.46. The Morgan fingerprint density at radius 3 is 2.00 bits per heavy atom. The third kappa shape index (κ3) is 0.924. The zero-order chi connectivity index (χ0) is 5.44. The van der Waals surface area contributed by atoms with E-state index in [1.54, 1.807) is 0 Å². The second-order valence-corrected chi connectivity index (χ2v) is 2.33. The van der Waals surface area contributed by atoms with Crippen LogP contribution in [0.3, 0.4) is 0 Å². The number of likely N-dealkylation sites (N-methyl/N-ethyl adjacent to an activating group) is 1. The van der Waals surface area contributed by atoms with Crippen molar-refractivity contribution in [2.75, 3.05) is 14.1 Å². The molecule has 0 amide bonds. The van der Waals surface area contributed by atoms with Crippen molar-refractivity contribution < 1.29 is 5.11 Å². The Morgan fingerprint density at radius 1 is 1.57 bits per heavy atom. The molecule has 2 atom stereocenters. The fourth-order valence-corrected chi connectivity index (χ4v) is 0.724. The summed E-state index contributed by atoms with van der Waals surface area (Å²) in [6.45, 7) is 0. The van der Waals surface area contributed by atoms with Crippen LogP contribution in [0, 0.1) is 0 Å². The van der Waals surface area contributed by atoms with E-state index >= 15 is 0 Å². The van der Waals surface area contributed by atoms with Gasteiger partial charge in [0.2, 0.25) is 0 Å². The molecule has 0 aromatic rings. The molecule has 1 saturated carbocycles. The molecule has 1 fully saturated rings. The van der Waals surface area contributed by atoms with E-state index in [-0.39, 0.29) is 6.10 Å². The van der Waals surface area contributed by atoms with Crippen LogP contribution in [0.15, 0.2) is 0 Å². The zero-order valence-electron chi connectivity index (χ0n) is 4.76. The molecule has 42 valence electrons. The Bertz CT molecular complexity index is 72.5. The summed E-state index contributed by atoms with van der Waals surface area (Å²) in [7, 11) is 3.97. The Labute approximate surface area is 43.7 Å². The number of rotatable bonds is 1. The summed E-state index contributed by atoms with van der Waals surface area (Å²) in [5, 5.41) is 8.76. The molecule has 0 saturated heterocycles. The van der Waals surface area contributed by atoms with Gasteiger partial charge in [-0.1, -0.05) is 0 Å². The van der Waals surface area contributed by atoms with Crippen LogP contribution >= 0.6 is 0 Å². The van der Waals surface area contributed by atoms with Gasteiger partial charge in [-0.25, -0.2) is 0 Å². The standard InChI is InChI=1S/C5H11NO/c1-6(2)4-3-5(4)7/h4-5,7H,3H2,1-2H3. The molecule has 0 radical (unpaired) electrons. The number of nitrogens with zero attached hydrogens (tertiary/aromatic N) is 1. The van der Waals surface area contributed by atoms with E-state index in [9.17, 15) is 0 Å². The Morgan fingerprint density at radius 2 is 2.00 bits per heavy atom. The summed E-state index contributed by atoms with van der Waals surface area (Å²) in [4.78, 5) is 2.05. The van der Waals surface area contributed by atoms with Crippen molar-refractivity contribution in [3.63, 3.8) is 0 Å². The summed E-state index contributed by atoms with van der Waals surface area (Å²) in [6.07, 6.45) is 0.933. The predicted octanol–water partition coefficient (Wildman–Crippen LogP) is -0.319. The summed E-state index contributed by atoms with van der Waals surface area (Å²) in [5.41, 5.74) is 0. The van der Waals surface area contributed by atoms with E-state index in [0.717, 1.165) is 6.42 Å². The highest BCUT2D eigenvalue weighted by Crippen LogP contribution is 2.24. The average molecular weight is 101 g/mol. The van der Waals surface area contributed by atoms with Crippen LogP contribution < -0.4 is 0 Å². The van der Waals surface area contributed by atoms with Gasteiger partial charge in [-0.3, -0.25) is 0 Å². The average Bonchev–Trinajstić information content (AvgIpc) is 2.17. The molecule has 1 aliphatic carbocycles. The van der Waals surface area contributed by atoms with Gasteiger partial charge >= 0.3 is 0 Å². The molecule has 0 aromatic carbocycles. The Balaban J connectivity index is 2.20. The van der Waals surface area contributed by atoms with Crippen molar-refractivity contribution in [2.24, 2.45) is 0 Å². The van der Waals surface area contributed by atoms with Crippen LogP contribution in [0.2, 0.25) is 0 Å². The molecule has 7 heavy (non-hydrogen) atoms. The molecule has 1 N–H and O–H groups in total. The van der Waals surface area contributed by atoms with Gasteiger partial charge in [-0.2, -0.15) is 0 Å². The molecule has 0 aliphatic heterocycles. The number of aliphatic hydroxyl groups excluding tert-OH is 1. The molecular weight excluding hydrogens is 90.1 g/mol. The van der Waals surface area contributed by atoms with Crippen molar-refractivity contribution in [1.82, 2.24) is 4.90 Å². The lowest BCUT2D eigenvalue weighted by atomic mass is 10.6. The number of hydrogen-bond donors (Lipinski definition) is 1. The minimum atomic E-state index is -0.0324. The highest BCUT2D eigenvalue weighted by atomic mass is 16.3. The maximum atomic E-state index is 8.76. The fraction of sp³-hybridized carbons (Fsp3) is 1.00. The molecule has 0 spiro atoms.